The van der Waals surface area contributed by atoms with Gasteiger partial charge in [0.2, 0.25) is 5.91 Å². The van der Waals surface area contributed by atoms with E-state index in [0.717, 1.165) is 0 Å². The fourth-order valence-corrected chi connectivity index (χ4v) is 2.04. The highest BCUT2D eigenvalue weighted by atomic mass is 16.5. The number of carbonyl (C=O) groups excluding carboxylic acids is 2. The lowest BCUT2D eigenvalue weighted by molar-refractivity contribution is -0.146. The van der Waals surface area contributed by atoms with E-state index in [4.69, 9.17) is 14.2 Å². The van der Waals surface area contributed by atoms with Crippen molar-refractivity contribution in [3.63, 3.8) is 0 Å². The summed E-state index contributed by atoms with van der Waals surface area (Å²) >= 11 is 0. The van der Waals surface area contributed by atoms with E-state index in [9.17, 15) is 9.59 Å². The van der Waals surface area contributed by atoms with Gasteiger partial charge in [0.25, 0.3) is 5.91 Å². The molecule has 2 amide bonds. The van der Waals surface area contributed by atoms with Crippen molar-refractivity contribution >= 4 is 11.8 Å². The van der Waals surface area contributed by atoms with Gasteiger partial charge in [0, 0.05) is 20.1 Å². The summed E-state index contributed by atoms with van der Waals surface area (Å²) in [7, 11) is 3.25. The Kier molecular flexibility index (Phi) is 5.60. The summed E-state index contributed by atoms with van der Waals surface area (Å²) in [5.41, 5.74) is 0. The molecule has 7 nitrogen and oxygen atoms in total. The predicted molar refractivity (Wildman–Crippen MR) is 78.9 cm³/mol. The number of para-hydroxylation sites is 2. The number of amides is 2. The number of benzene rings is 1. The molecule has 2 rings (SSSR count). The van der Waals surface area contributed by atoms with Crippen LogP contribution in [0.15, 0.2) is 24.3 Å². The number of carbonyl (C=O) groups is 2. The van der Waals surface area contributed by atoms with E-state index in [0.29, 0.717) is 24.6 Å². The summed E-state index contributed by atoms with van der Waals surface area (Å²) in [6, 6.07) is 7.12. The number of hydrogen-bond donors (Lipinski definition) is 1. The Morgan fingerprint density at radius 1 is 1.41 bits per heavy atom. The van der Waals surface area contributed by atoms with Gasteiger partial charge in [-0.2, -0.15) is 0 Å². The third-order valence-corrected chi connectivity index (χ3v) is 3.30. The molecule has 1 heterocycles. The lowest BCUT2D eigenvalue weighted by atomic mass is 10.3. The standard InChI is InChI=1S/C15H20N2O5/c1-17-8-11(21-10-15(17)19)7-16-14(18)9-22-13-6-4-3-5-12(13)20-2/h3-6,11H,7-10H2,1-2H3,(H,16,18). The zero-order valence-electron chi connectivity index (χ0n) is 12.7. The maximum absolute atomic E-state index is 11.8. The molecule has 1 aromatic rings. The van der Waals surface area contributed by atoms with Crippen LogP contribution in [0.5, 0.6) is 11.5 Å². The predicted octanol–water partition coefficient (Wildman–Crippen LogP) is 0.0474. The van der Waals surface area contributed by atoms with Gasteiger partial charge in [0.15, 0.2) is 18.1 Å². The van der Waals surface area contributed by atoms with Crippen LogP contribution < -0.4 is 14.8 Å². The van der Waals surface area contributed by atoms with Crippen LogP contribution in [0.25, 0.3) is 0 Å². The fraction of sp³-hybridized carbons (Fsp3) is 0.467. The second-order valence-corrected chi connectivity index (χ2v) is 4.95. The van der Waals surface area contributed by atoms with E-state index in [2.05, 4.69) is 5.32 Å². The van der Waals surface area contributed by atoms with Crippen LogP contribution >= 0.6 is 0 Å². The first-order valence-electron chi connectivity index (χ1n) is 6.98. The van der Waals surface area contributed by atoms with Crippen molar-refractivity contribution in [1.29, 1.82) is 0 Å². The van der Waals surface area contributed by atoms with Crippen LogP contribution in [0.3, 0.4) is 0 Å². The van der Waals surface area contributed by atoms with Gasteiger partial charge in [0.1, 0.15) is 6.61 Å². The lowest BCUT2D eigenvalue weighted by Crippen LogP contribution is -2.49. The van der Waals surface area contributed by atoms with Crippen molar-refractivity contribution in [3.8, 4) is 11.5 Å². The molecular weight excluding hydrogens is 288 g/mol. The number of hydrogen-bond acceptors (Lipinski definition) is 5. The first kappa shape index (κ1) is 16.1. The summed E-state index contributed by atoms with van der Waals surface area (Å²) in [6.45, 7) is 0.745. The van der Waals surface area contributed by atoms with Gasteiger partial charge in [-0.05, 0) is 12.1 Å². The van der Waals surface area contributed by atoms with E-state index in [1.54, 1.807) is 37.3 Å². The minimum Gasteiger partial charge on any atom is -0.493 e. The second-order valence-electron chi connectivity index (χ2n) is 4.95. The monoisotopic (exact) mass is 308 g/mol. The molecular formula is C15H20N2O5. The van der Waals surface area contributed by atoms with Crippen molar-refractivity contribution in [2.24, 2.45) is 0 Å². The number of morpholine rings is 1. The molecule has 22 heavy (non-hydrogen) atoms. The Bertz CT molecular complexity index is 534. The Balaban J connectivity index is 1.73. The molecule has 0 bridgehead atoms. The third-order valence-electron chi connectivity index (χ3n) is 3.30. The van der Waals surface area contributed by atoms with E-state index in [1.165, 1.54) is 0 Å². The van der Waals surface area contributed by atoms with Gasteiger partial charge in [-0.15, -0.1) is 0 Å². The van der Waals surface area contributed by atoms with Crippen molar-refractivity contribution in [2.75, 3.05) is 40.5 Å². The first-order chi connectivity index (χ1) is 10.6. The molecule has 0 saturated carbocycles. The molecule has 1 saturated heterocycles. The van der Waals surface area contributed by atoms with E-state index >= 15 is 0 Å². The van der Waals surface area contributed by atoms with Crippen LogP contribution in [-0.4, -0.2) is 63.3 Å². The van der Waals surface area contributed by atoms with Crippen LogP contribution in [0, 0.1) is 0 Å². The highest BCUT2D eigenvalue weighted by Crippen LogP contribution is 2.25. The van der Waals surface area contributed by atoms with Gasteiger partial charge < -0.3 is 24.4 Å². The van der Waals surface area contributed by atoms with Crippen molar-refractivity contribution in [2.45, 2.75) is 6.10 Å². The summed E-state index contributed by atoms with van der Waals surface area (Å²) in [5, 5.41) is 2.73. The number of nitrogens with zero attached hydrogens (tertiary/aromatic N) is 1. The third kappa shape index (κ3) is 4.36. The molecule has 1 fully saturated rings. The van der Waals surface area contributed by atoms with Crippen molar-refractivity contribution in [3.05, 3.63) is 24.3 Å². The Hall–Kier alpha value is -2.28. The summed E-state index contributed by atoms with van der Waals surface area (Å²) in [5.74, 6) is 0.779. The molecule has 1 aliphatic rings. The number of likely N-dealkylation sites (N-methyl/N-ethyl adjacent to an activating group) is 1. The van der Waals surface area contributed by atoms with Crippen LogP contribution in [0.4, 0.5) is 0 Å². The molecule has 1 N–H and O–H groups in total. The maximum atomic E-state index is 11.8. The van der Waals surface area contributed by atoms with Gasteiger partial charge >= 0.3 is 0 Å². The van der Waals surface area contributed by atoms with E-state index in [1.807, 2.05) is 6.07 Å². The molecule has 1 aromatic carbocycles. The molecule has 1 atom stereocenters. The molecule has 0 radical (unpaired) electrons. The maximum Gasteiger partial charge on any atom is 0.258 e. The molecule has 0 aliphatic carbocycles. The minimum atomic E-state index is -0.256. The highest BCUT2D eigenvalue weighted by Gasteiger charge is 2.23. The normalized spacial score (nSPS) is 18.0. The molecule has 0 aromatic heterocycles. The molecule has 1 aliphatic heterocycles. The SMILES string of the molecule is COc1ccccc1OCC(=O)NCC1CN(C)C(=O)CO1. The average Bonchev–Trinajstić information content (AvgIpc) is 2.54. The number of methoxy groups -OCH3 is 1. The van der Waals surface area contributed by atoms with Crippen LogP contribution in [-0.2, 0) is 14.3 Å². The number of rotatable bonds is 6. The van der Waals surface area contributed by atoms with E-state index < -0.39 is 0 Å². The lowest BCUT2D eigenvalue weighted by Gasteiger charge is -2.29. The molecule has 0 spiro atoms. The Morgan fingerprint density at radius 2 is 2.14 bits per heavy atom. The highest BCUT2D eigenvalue weighted by molar-refractivity contribution is 5.78. The van der Waals surface area contributed by atoms with Crippen LogP contribution in [0.1, 0.15) is 0 Å². The zero-order chi connectivity index (χ0) is 15.9. The van der Waals surface area contributed by atoms with Crippen LogP contribution in [0.2, 0.25) is 0 Å². The van der Waals surface area contributed by atoms with Gasteiger partial charge in [-0.25, -0.2) is 0 Å². The van der Waals surface area contributed by atoms with Crippen molar-refractivity contribution in [1.82, 2.24) is 10.2 Å². The Labute approximate surface area is 129 Å². The van der Waals surface area contributed by atoms with Gasteiger partial charge in [-0.3, -0.25) is 9.59 Å². The summed E-state index contributed by atoms with van der Waals surface area (Å²) < 4.78 is 15.9. The summed E-state index contributed by atoms with van der Waals surface area (Å²) in [6.07, 6.45) is -0.196. The molecule has 120 valence electrons. The first-order valence-corrected chi connectivity index (χ1v) is 6.98. The largest absolute Gasteiger partial charge is 0.493 e. The minimum absolute atomic E-state index is 0.0503. The fourth-order valence-electron chi connectivity index (χ4n) is 2.04. The number of nitrogens with one attached hydrogen (secondary N) is 1. The zero-order valence-corrected chi connectivity index (χ0v) is 12.7. The van der Waals surface area contributed by atoms with Gasteiger partial charge in [-0.1, -0.05) is 12.1 Å². The average molecular weight is 308 g/mol. The topological polar surface area (TPSA) is 77.1 Å². The van der Waals surface area contributed by atoms with E-state index in [-0.39, 0.29) is 31.1 Å². The number of ether oxygens (including phenoxy) is 3. The molecule has 7 heteroatoms. The molecule has 1 unspecified atom stereocenters. The smallest absolute Gasteiger partial charge is 0.258 e. The quantitative estimate of drug-likeness (QED) is 0.803. The second kappa shape index (κ2) is 7.65. The van der Waals surface area contributed by atoms with Crippen molar-refractivity contribution < 1.29 is 23.8 Å². The summed E-state index contributed by atoms with van der Waals surface area (Å²) in [4.78, 5) is 24.7. The Morgan fingerprint density at radius 3 is 2.82 bits per heavy atom. The van der Waals surface area contributed by atoms with Gasteiger partial charge in [0.05, 0.1) is 13.2 Å².